The fourth-order valence-electron chi connectivity index (χ4n) is 11.7. The van der Waals surface area contributed by atoms with Crippen LogP contribution in [0, 0.1) is 0 Å². The molecular weight excluding hydrogens is 973 g/mol. The van der Waals surface area contributed by atoms with Gasteiger partial charge < -0.3 is 9.13 Å². The first kappa shape index (κ1) is 46.5. The van der Waals surface area contributed by atoms with Crippen molar-refractivity contribution >= 4 is 43.6 Å². The van der Waals surface area contributed by atoms with Gasteiger partial charge in [0.1, 0.15) is 0 Å². The van der Waals surface area contributed by atoms with Crippen LogP contribution in [0.5, 0.6) is 0 Å². The van der Waals surface area contributed by atoms with Gasteiger partial charge in [0.05, 0.1) is 44.8 Å². The molecule has 0 aliphatic carbocycles. The Labute approximate surface area is 462 Å². The Hall–Kier alpha value is -10.8. The van der Waals surface area contributed by atoms with E-state index >= 15 is 0 Å². The summed E-state index contributed by atoms with van der Waals surface area (Å²) in [5.74, 6) is 0. The molecule has 0 unspecified atom stereocenters. The highest BCUT2D eigenvalue weighted by Crippen LogP contribution is 2.42. The van der Waals surface area contributed by atoms with E-state index in [4.69, 9.17) is 0 Å². The Kier molecular flexibility index (Phi) is 11.4. The lowest BCUT2D eigenvalue weighted by Gasteiger charge is -2.14. The largest absolute Gasteiger partial charge is 0.309 e. The van der Waals surface area contributed by atoms with Gasteiger partial charge in [-0.15, -0.1) is 0 Å². The van der Waals surface area contributed by atoms with E-state index in [-0.39, 0.29) is 0 Å². The van der Waals surface area contributed by atoms with E-state index in [9.17, 15) is 0 Å². The lowest BCUT2D eigenvalue weighted by atomic mass is 9.98. The smallest absolute Gasteiger partial charge is 0.0702 e. The van der Waals surface area contributed by atoms with Crippen molar-refractivity contribution in [2.75, 3.05) is 0 Å². The van der Waals surface area contributed by atoms with Crippen molar-refractivity contribution in [2.45, 2.75) is 0 Å². The second kappa shape index (κ2) is 19.6. The predicted octanol–water partition coefficient (Wildman–Crippen LogP) is 18.8. The van der Waals surface area contributed by atoms with Crippen LogP contribution in [-0.2, 0) is 0 Å². The van der Waals surface area contributed by atoms with Crippen LogP contribution in [0.3, 0.4) is 0 Å². The summed E-state index contributed by atoms with van der Waals surface area (Å²) in [4.78, 5) is 18.7. The number of aromatic nitrogens is 6. The van der Waals surface area contributed by atoms with E-state index in [1.165, 1.54) is 21.5 Å². The summed E-state index contributed by atoms with van der Waals surface area (Å²) in [5.41, 5.74) is 23.9. The number of pyridine rings is 4. The summed E-state index contributed by atoms with van der Waals surface area (Å²) in [5, 5.41) is 4.69. The predicted molar refractivity (Wildman–Crippen MR) is 330 cm³/mol. The van der Waals surface area contributed by atoms with E-state index < -0.39 is 0 Å². The number of benzene rings is 9. The van der Waals surface area contributed by atoms with E-state index in [2.05, 4.69) is 247 Å². The maximum atomic E-state index is 4.68. The number of rotatable bonds is 10. The second-order valence-corrected chi connectivity index (χ2v) is 20.3. The van der Waals surface area contributed by atoms with E-state index in [0.717, 1.165) is 123 Å². The second-order valence-electron chi connectivity index (χ2n) is 20.3. The third-order valence-corrected chi connectivity index (χ3v) is 15.5. The third-order valence-electron chi connectivity index (χ3n) is 15.5. The Morgan fingerprint density at radius 1 is 0.188 bits per heavy atom. The normalized spacial score (nSPS) is 11.5. The van der Waals surface area contributed by atoms with Gasteiger partial charge in [0.2, 0.25) is 0 Å². The zero-order chi connectivity index (χ0) is 52.9. The lowest BCUT2D eigenvalue weighted by Crippen LogP contribution is -1.98. The summed E-state index contributed by atoms with van der Waals surface area (Å²) in [7, 11) is 0. The molecule has 15 aromatic rings. The van der Waals surface area contributed by atoms with Gasteiger partial charge in [0, 0.05) is 80.0 Å². The molecule has 0 spiro atoms. The van der Waals surface area contributed by atoms with Crippen molar-refractivity contribution in [2.24, 2.45) is 0 Å². The summed E-state index contributed by atoms with van der Waals surface area (Å²) in [6.45, 7) is 0. The molecule has 0 saturated heterocycles. The van der Waals surface area contributed by atoms with Gasteiger partial charge in [-0.25, -0.2) is 0 Å². The highest BCUT2D eigenvalue weighted by molar-refractivity contribution is 6.13. The molecule has 0 atom stereocenters. The first-order chi connectivity index (χ1) is 39.6. The first-order valence-corrected chi connectivity index (χ1v) is 27.0. The van der Waals surface area contributed by atoms with Gasteiger partial charge in [0.15, 0.2) is 0 Å². The van der Waals surface area contributed by atoms with Crippen LogP contribution >= 0.6 is 0 Å². The first-order valence-electron chi connectivity index (χ1n) is 27.0. The molecule has 15 rings (SSSR count). The van der Waals surface area contributed by atoms with Gasteiger partial charge in [0.25, 0.3) is 0 Å². The van der Waals surface area contributed by atoms with Crippen molar-refractivity contribution in [1.82, 2.24) is 29.1 Å². The topological polar surface area (TPSA) is 61.4 Å². The fraction of sp³-hybridized carbons (Fsp3) is 0. The van der Waals surface area contributed by atoms with Crippen molar-refractivity contribution in [1.29, 1.82) is 0 Å². The number of hydrogen-bond donors (Lipinski definition) is 0. The summed E-state index contributed by atoms with van der Waals surface area (Å²) in [6.07, 6.45) is 7.41. The minimum Gasteiger partial charge on any atom is -0.309 e. The van der Waals surface area contributed by atoms with Crippen molar-refractivity contribution in [3.63, 3.8) is 0 Å². The molecule has 80 heavy (non-hydrogen) atoms. The van der Waals surface area contributed by atoms with Gasteiger partial charge >= 0.3 is 0 Å². The van der Waals surface area contributed by atoms with Crippen LogP contribution in [0.25, 0.3) is 145 Å². The average molecular weight is 1020 g/mol. The molecule has 6 heteroatoms. The summed E-state index contributed by atoms with van der Waals surface area (Å²) >= 11 is 0. The third kappa shape index (κ3) is 8.40. The van der Waals surface area contributed by atoms with Crippen LogP contribution < -0.4 is 0 Å². The van der Waals surface area contributed by atoms with E-state index in [1.807, 2.05) is 73.3 Å². The minimum absolute atomic E-state index is 0.950. The zero-order valence-corrected chi connectivity index (χ0v) is 43.4. The van der Waals surface area contributed by atoms with Gasteiger partial charge in [-0.1, -0.05) is 127 Å². The van der Waals surface area contributed by atoms with Crippen molar-refractivity contribution < 1.29 is 0 Å². The maximum absolute atomic E-state index is 4.68. The summed E-state index contributed by atoms with van der Waals surface area (Å²) < 4.78 is 4.87. The molecular formula is C74H48N6. The zero-order valence-electron chi connectivity index (χ0n) is 43.4. The highest BCUT2D eigenvalue weighted by atomic mass is 15.0. The standard InChI is InChI=1S/C74H48N6/c1-5-36-75-67(24-1)57-18-9-14-49(40-57)53-28-32-71-63(44-53)64-45-54(50-15-10-19-58(41-50)68-25-2-6-37-76-68)29-33-72(64)79(71)61-22-13-23-62(48-61)80-73-34-30-55(51-16-11-20-59(42-51)69-26-3-7-38-77-69)46-65(73)66-47-56(31-35-74(66)80)52-17-12-21-60(43-52)70-27-4-8-39-78-70/h1-48H. The quantitative estimate of drug-likeness (QED) is 0.137. The Morgan fingerprint density at radius 2 is 0.438 bits per heavy atom. The molecule has 6 aromatic heterocycles. The Bertz CT molecular complexity index is 4230. The van der Waals surface area contributed by atoms with Crippen LogP contribution in [0.2, 0.25) is 0 Å². The van der Waals surface area contributed by atoms with E-state index in [0.29, 0.717) is 0 Å². The Balaban J connectivity index is 0.903. The molecule has 0 fully saturated rings. The van der Waals surface area contributed by atoms with Crippen molar-refractivity contribution in [3.8, 4) is 101 Å². The number of hydrogen-bond acceptors (Lipinski definition) is 4. The lowest BCUT2D eigenvalue weighted by molar-refractivity contribution is 1.13. The number of nitrogens with zero attached hydrogens (tertiary/aromatic N) is 6. The molecule has 0 aliphatic rings. The molecule has 0 saturated carbocycles. The fourth-order valence-corrected chi connectivity index (χ4v) is 11.7. The monoisotopic (exact) mass is 1020 g/mol. The van der Waals surface area contributed by atoms with Gasteiger partial charge in [-0.3, -0.25) is 19.9 Å². The molecule has 0 bridgehead atoms. The molecule has 6 nitrogen and oxygen atoms in total. The molecule has 374 valence electrons. The van der Waals surface area contributed by atoms with Crippen molar-refractivity contribution in [3.05, 3.63) is 292 Å². The molecule has 6 heterocycles. The van der Waals surface area contributed by atoms with Crippen LogP contribution in [0.15, 0.2) is 292 Å². The molecule has 9 aromatic carbocycles. The average Bonchev–Trinajstić information content (AvgIpc) is 4.26. The van der Waals surface area contributed by atoms with Crippen LogP contribution in [0.4, 0.5) is 0 Å². The molecule has 0 radical (unpaired) electrons. The Morgan fingerprint density at radius 3 is 0.700 bits per heavy atom. The number of fused-ring (bicyclic) bond motifs is 6. The van der Waals surface area contributed by atoms with Gasteiger partial charge in [-0.05, 0) is 184 Å². The molecule has 0 N–H and O–H groups in total. The SMILES string of the molecule is c1ccc(-c2cccc(-c3ccc4c(c3)c3cc(-c5cccc(-c6ccccn6)c5)ccc3n4-c3cccc(-n4c5ccc(-c6cccc(-c7ccccn7)c6)cc5c5cc(-c6cccc(-c7ccccn7)c6)ccc54)c3)c2)nc1. The highest BCUT2D eigenvalue weighted by Gasteiger charge is 2.20. The molecule has 0 amide bonds. The van der Waals surface area contributed by atoms with Crippen LogP contribution in [-0.4, -0.2) is 29.1 Å². The molecule has 0 aliphatic heterocycles. The van der Waals surface area contributed by atoms with Gasteiger partial charge in [-0.2, -0.15) is 0 Å². The van der Waals surface area contributed by atoms with Crippen LogP contribution in [0.1, 0.15) is 0 Å². The van der Waals surface area contributed by atoms with E-state index in [1.54, 1.807) is 0 Å². The maximum Gasteiger partial charge on any atom is 0.0702 e. The minimum atomic E-state index is 0.950. The summed E-state index contributed by atoms with van der Waals surface area (Å²) in [6, 6.07) is 95.8.